The zero-order chi connectivity index (χ0) is 14.8. The van der Waals surface area contributed by atoms with Crippen LogP contribution in [0.3, 0.4) is 0 Å². The SMILES string of the molecule is COCc1ccc(C(=O)N[C@@H]2Cc3ccccc3[C@H]2N)o1. The molecule has 5 heteroatoms. The van der Waals surface area contributed by atoms with Crippen molar-refractivity contribution in [2.24, 2.45) is 5.73 Å². The molecule has 1 amide bonds. The molecular formula is C16H18N2O3. The maximum Gasteiger partial charge on any atom is 0.287 e. The number of fused-ring (bicyclic) bond motifs is 1. The minimum Gasteiger partial charge on any atom is -0.453 e. The van der Waals surface area contributed by atoms with Crippen LogP contribution in [0.2, 0.25) is 0 Å². The maximum absolute atomic E-state index is 12.2. The fraction of sp³-hybridized carbons (Fsp3) is 0.312. The highest BCUT2D eigenvalue weighted by molar-refractivity contribution is 5.91. The van der Waals surface area contributed by atoms with Crippen molar-refractivity contribution in [2.75, 3.05) is 7.11 Å². The molecule has 1 aromatic carbocycles. The van der Waals surface area contributed by atoms with Gasteiger partial charge >= 0.3 is 0 Å². The first-order valence-electron chi connectivity index (χ1n) is 6.91. The van der Waals surface area contributed by atoms with Crippen LogP contribution >= 0.6 is 0 Å². The first-order valence-corrected chi connectivity index (χ1v) is 6.91. The number of furan rings is 1. The van der Waals surface area contributed by atoms with Crippen LogP contribution in [-0.4, -0.2) is 19.1 Å². The van der Waals surface area contributed by atoms with E-state index >= 15 is 0 Å². The standard InChI is InChI=1S/C16H18N2O3/c1-20-9-11-6-7-14(21-11)16(19)18-13-8-10-4-2-3-5-12(10)15(13)17/h2-7,13,15H,8-9,17H2,1H3,(H,18,19)/t13-,15-/m1/s1. The van der Waals surface area contributed by atoms with Crippen LogP contribution in [0.5, 0.6) is 0 Å². The Bertz CT molecular complexity index is 650. The van der Waals surface area contributed by atoms with E-state index in [0.717, 1.165) is 12.0 Å². The summed E-state index contributed by atoms with van der Waals surface area (Å²) in [7, 11) is 1.58. The van der Waals surface area contributed by atoms with Crippen LogP contribution in [0.25, 0.3) is 0 Å². The van der Waals surface area contributed by atoms with Gasteiger partial charge in [-0.15, -0.1) is 0 Å². The van der Waals surface area contributed by atoms with Gasteiger partial charge in [-0.3, -0.25) is 4.79 Å². The smallest absolute Gasteiger partial charge is 0.287 e. The van der Waals surface area contributed by atoms with Gasteiger partial charge in [-0.1, -0.05) is 24.3 Å². The third-order valence-electron chi connectivity index (χ3n) is 3.78. The minimum absolute atomic E-state index is 0.106. The molecule has 0 saturated carbocycles. The number of methoxy groups -OCH3 is 1. The molecule has 1 aliphatic carbocycles. The van der Waals surface area contributed by atoms with E-state index in [1.165, 1.54) is 5.56 Å². The van der Waals surface area contributed by atoms with Crippen LogP contribution in [0.1, 0.15) is 33.5 Å². The highest BCUT2D eigenvalue weighted by atomic mass is 16.5. The van der Waals surface area contributed by atoms with E-state index in [9.17, 15) is 4.79 Å². The second-order valence-corrected chi connectivity index (χ2v) is 5.21. The zero-order valence-corrected chi connectivity index (χ0v) is 11.8. The van der Waals surface area contributed by atoms with E-state index in [1.807, 2.05) is 24.3 Å². The van der Waals surface area contributed by atoms with Gasteiger partial charge < -0.3 is 20.2 Å². The molecule has 0 saturated heterocycles. The number of carbonyl (C=O) groups excluding carboxylic acids is 1. The fourth-order valence-electron chi connectivity index (χ4n) is 2.73. The van der Waals surface area contributed by atoms with Crippen molar-refractivity contribution in [3.8, 4) is 0 Å². The Labute approximate surface area is 123 Å². The molecule has 1 aliphatic rings. The zero-order valence-electron chi connectivity index (χ0n) is 11.8. The Morgan fingerprint density at radius 2 is 2.19 bits per heavy atom. The molecule has 3 rings (SSSR count). The largest absolute Gasteiger partial charge is 0.453 e. The van der Waals surface area contributed by atoms with Crippen molar-refractivity contribution < 1.29 is 13.9 Å². The predicted octanol–water partition coefficient (Wildman–Crippen LogP) is 1.78. The lowest BCUT2D eigenvalue weighted by atomic mass is 10.1. The van der Waals surface area contributed by atoms with Gasteiger partial charge in [0.15, 0.2) is 5.76 Å². The Morgan fingerprint density at radius 3 is 2.95 bits per heavy atom. The van der Waals surface area contributed by atoms with Crippen molar-refractivity contribution in [3.05, 3.63) is 59.0 Å². The van der Waals surface area contributed by atoms with Crippen LogP contribution in [-0.2, 0) is 17.8 Å². The molecule has 0 radical (unpaired) electrons. The predicted molar refractivity (Wildman–Crippen MR) is 77.7 cm³/mol. The molecule has 2 atom stereocenters. The van der Waals surface area contributed by atoms with Crippen LogP contribution in [0, 0.1) is 0 Å². The van der Waals surface area contributed by atoms with Gasteiger partial charge in [0.25, 0.3) is 5.91 Å². The summed E-state index contributed by atoms with van der Waals surface area (Å²) < 4.78 is 10.4. The summed E-state index contributed by atoms with van der Waals surface area (Å²) in [6.07, 6.45) is 0.745. The van der Waals surface area contributed by atoms with E-state index in [2.05, 4.69) is 5.32 Å². The lowest BCUT2D eigenvalue weighted by Gasteiger charge is -2.17. The number of benzene rings is 1. The van der Waals surface area contributed by atoms with E-state index < -0.39 is 0 Å². The topological polar surface area (TPSA) is 77.5 Å². The molecule has 21 heavy (non-hydrogen) atoms. The first-order chi connectivity index (χ1) is 10.2. The quantitative estimate of drug-likeness (QED) is 0.898. The first kappa shape index (κ1) is 13.9. The Kier molecular flexibility index (Phi) is 3.77. The summed E-state index contributed by atoms with van der Waals surface area (Å²) >= 11 is 0. The second-order valence-electron chi connectivity index (χ2n) is 5.21. The fourth-order valence-corrected chi connectivity index (χ4v) is 2.73. The van der Waals surface area contributed by atoms with Crippen molar-refractivity contribution in [3.63, 3.8) is 0 Å². The minimum atomic E-state index is -0.245. The summed E-state index contributed by atoms with van der Waals surface area (Å²) in [5.74, 6) is 0.664. The van der Waals surface area contributed by atoms with E-state index in [0.29, 0.717) is 12.4 Å². The lowest BCUT2D eigenvalue weighted by molar-refractivity contribution is 0.0896. The lowest BCUT2D eigenvalue weighted by Crippen LogP contribution is -2.40. The Morgan fingerprint density at radius 1 is 1.38 bits per heavy atom. The summed E-state index contributed by atoms with van der Waals surface area (Å²) in [6, 6.07) is 11.1. The van der Waals surface area contributed by atoms with Gasteiger partial charge in [0.05, 0.1) is 12.1 Å². The van der Waals surface area contributed by atoms with E-state index in [4.69, 9.17) is 14.9 Å². The molecule has 2 aromatic rings. The molecule has 0 bridgehead atoms. The van der Waals surface area contributed by atoms with Gasteiger partial charge in [-0.2, -0.15) is 0 Å². The third kappa shape index (κ3) is 2.70. The highest BCUT2D eigenvalue weighted by Crippen LogP contribution is 2.29. The number of amides is 1. The number of hydrogen-bond acceptors (Lipinski definition) is 4. The third-order valence-corrected chi connectivity index (χ3v) is 3.78. The number of carbonyl (C=O) groups is 1. The molecule has 3 N–H and O–H groups in total. The van der Waals surface area contributed by atoms with Crippen molar-refractivity contribution in [1.29, 1.82) is 0 Å². The normalized spacial score (nSPS) is 20.3. The molecule has 0 unspecified atom stereocenters. The summed E-state index contributed by atoms with van der Waals surface area (Å²) in [4.78, 5) is 12.2. The van der Waals surface area contributed by atoms with Crippen LogP contribution in [0.15, 0.2) is 40.8 Å². The number of rotatable bonds is 4. The Hall–Kier alpha value is -2.11. The summed E-state index contributed by atoms with van der Waals surface area (Å²) in [5, 5.41) is 2.95. The maximum atomic E-state index is 12.2. The van der Waals surface area contributed by atoms with E-state index in [-0.39, 0.29) is 23.8 Å². The molecule has 0 aliphatic heterocycles. The average Bonchev–Trinajstić information content (AvgIpc) is 3.06. The number of ether oxygens (including phenoxy) is 1. The number of nitrogens with two attached hydrogens (primary N) is 1. The van der Waals surface area contributed by atoms with Gasteiger partial charge in [-0.25, -0.2) is 0 Å². The number of nitrogens with one attached hydrogen (secondary N) is 1. The second kappa shape index (κ2) is 5.71. The Balaban J connectivity index is 1.68. The summed E-state index contributed by atoms with van der Waals surface area (Å²) in [6.45, 7) is 0.349. The number of hydrogen-bond donors (Lipinski definition) is 2. The molecule has 0 fully saturated rings. The monoisotopic (exact) mass is 286 g/mol. The van der Waals surface area contributed by atoms with Gasteiger partial charge in [0, 0.05) is 7.11 Å². The molecule has 1 aromatic heterocycles. The summed E-state index contributed by atoms with van der Waals surface area (Å²) in [5.41, 5.74) is 8.49. The molecule has 1 heterocycles. The van der Waals surface area contributed by atoms with Crippen molar-refractivity contribution in [1.82, 2.24) is 5.32 Å². The average molecular weight is 286 g/mol. The van der Waals surface area contributed by atoms with Gasteiger partial charge in [0.2, 0.25) is 0 Å². The van der Waals surface area contributed by atoms with E-state index in [1.54, 1.807) is 19.2 Å². The highest BCUT2D eigenvalue weighted by Gasteiger charge is 2.31. The van der Waals surface area contributed by atoms with Gasteiger partial charge in [-0.05, 0) is 29.7 Å². The molecular weight excluding hydrogens is 268 g/mol. The molecule has 5 nitrogen and oxygen atoms in total. The van der Waals surface area contributed by atoms with Gasteiger partial charge in [0.1, 0.15) is 12.4 Å². The van der Waals surface area contributed by atoms with Crippen molar-refractivity contribution >= 4 is 5.91 Å². The van der Waals surface area contributed by atoms with Crippen molar-refractivity contribution in [2.45, 2.75) is 25.1 Å². The molecule has 0 spiro atoms. The van der Waals surface area contributed by atoms with Crippen LogP contribution in [0.4, 0.5) is 0 Å². The van der Waals surface area contributed by atoms with Crippen LogP contribution < -0.4 is 11.1 Å². The molecule has 110 valence electrons.